The van der Waals surface area contributed by atoms with Gasteiger partial charge in [-0.3, -0.25) is 14.7 Å². The first-order valence-electron chi connectivity index (χ1n) is 6.33. The molecular weight excluding hydrogens is 230 g/mol. The van der Waals surface area contributed by atoms with Crippen molar-refractivity contribution < 1.29 is 9.90 Å². The van der Waals surface area contributed by atoms with E-state index in [0.29, 0.717) is 19.5 Å². The summed E-state index contributed by atoms with van der Waals surface area (Å²) in [7, 11) is 0. The molecule has 5 heteroatoms. The number of aliphatic hydroxyl groups is 1. The molecular formula is C13H19N3O2. The van der Waals surface area contributed by atoms with Crippen LogP contribution in [0.1, 0.15) is 18.4 Å². The molecule has 0 spiro atoms. The van der Waals surface area contributed by atoms with E-state index < -0.39 is 0 Å². The van der Waals surface area contributed by atoms with Gasteiger partial charge in [-0.25, -0.2) is 0 Å². The molecule has 1 aromatic heterocycles. The smallest absolute Gasteiger partial charge is 0.237 e. The van der Waals surface area contributed by atoms with Crippen molar-refractivity contribution >= 4 is 5.91 Å². The molecule has 0 saturated carbocycles. The minimum absolute atomic E-state index is 0.0189. The zero-order valence-corrected chi connectivity index (χ0v) is 10.4. The minimum Gasteiger partial charge on any atom is -0.396 e. The van der Waals surface area contributed by atoms with Crippen LogP contribution in [0, 0.1) is 0 Å². The van der Waals surface area contributed by atoms with Crippen molar-refractivity contribution in [2.24, 2.45) is 0 Å². The monoisotopic (exact) mass is 249 g/mol. The fraction of sp³-hybridized carbons (Fsp3) is 0.538. The van der Waals surface area contributed by atoms with E-state index in [1.54, 1.807) is 6.20 Å². The summed E-state index contributed by atoms with van der Waals surface area (Å²) in [4.78, 5) is 18.1. The lowest BCUT2D eigenvalue weighted by molar-refractivity contribution is -0.126. The Morgan fingerprint density at radius 2 is 2.44 bits per heavy atom. The Bertz CT molecular complexity index is 383. The van der Waals surface area contributed by atoms with E-state index in [2.05, 4.69) is 15.2 Å². The number of hydrogen-bond acceptors (Lipinski definition) is 4. The van der Waals surface area contributed by atoms with Crippen LogP contribution in [0.2, 0.25) is 0 Å². The number of aromatic nitrogens is 1. The number of nitrogens with one attached hydrogen (secondary N) is 1. The van der Waals surface area contributed by atoms with Gasteiger partial charge in [0.2, 0.25) is 5.91 Å². The largest absolute Gasteiger partial charge is 0.396 e. The van der Waals surface area contributed by atoms with Crippen LogP contribution in [-0.4, -0.2) is 46.6 Å². The topological polar surface area (TPSA) is 65.5 Å². The van der Waals surface area contributed by atoms with E-state index in [4.69, 9.17) is 5.11 Å². The van der Waals surface area contributed by atoms with E-state index in [0.717, 1.165) is 18.5 Å². The molecule has 1 aromatic rings. The molecule has 1 aliphatic heterocycles. The first-order valence-corrected chi connectivity index (χ1v) is 6.33. The number of carbonyl (C=O) groups excluding carboxylic acids is 1. The first-order chi connectivity index (χ1) is 8.81. The lowest BCUT2D eigenvalue weighted by Crippen LogP contribution is -2.44. The summed E-state index contributed by atoms with van der Waals surface area (Å²) in [5, 5.41) is 12.0. The summed E-state index contributed by atoms with van der Waals surface area (Å²) in [6.45, 7) is 2.30. The molecule has 1 aliphatic rings. The summed E-state index contributed by atoms with van der Waals surface area (Å²) < 4.78 is 0. The lowest BCUT2D eigenvalue weighted by Gasteiger charge is -2.27. The molecule has 18 heavy (non-hydrogen) atoms. The van der Waals surface area contributed by atoms with Crippen molar-refractivity contribution in [2.75, 3.05) is 19.7 Å². The van der Waals surface area contributed by atoms with Crippen molar-refractivity contribution in [3.63, 3.8) is 0 Å². The van der Waals surface area contributed by atoms with Crippen LogP contribution in [0.15, 0.2) is 24.5 Å². The molecule has 0 aliphatic carbocycles. The van der Waals surface area contributed by atoms with Crippen molar-refractivity contribution in [1.29, 1.82) is 0 Å². The average Bonchev–Trinajstić information content (AvgIpc) is 2.56. The Hall–Kier alpha value is -1.46. The molecule has 0 radical (unpaired) electrons. The fourth-order valence-electron chi connectivity index (χ4n) is 2.28. The minimum atomic E-state index is -0.238. The molecule has 1 fully saturated rings. The second-order valence-electron chi connectivity index (χ2n) is 4.50. The van der Waals surface area contributed by atoms with Crippen LogP contribution in [-0.2, 0) is 11.3 Å². The number of carbonyl (C=O) groups is 1. The quantitative estimate of drug-likeness (QED) is 0.797. The Kier molecular flexibility index (Phi) is 4.66. The Morgan fingerprint density at radius 1 is 1.56 bits per heavy atom. The van der Waals surface area contributed by atoms with E-state index in [1.165, 1.54) is 0 Å². The molecule has 1 unspecified atom stereocenters. The molecule has 2 rings (SSSR count). The van der Waals surface area contributed by atoms with E-state index in [9.17, 15) is 4.79 Å². The summed E-state index contributed by atoms with van der Waals surface area (Å²) in [6, 6.07) is 3.66. The van der Waals surface area contributed by atoms with Gasteiger partial charge in [0, 0.05) is 38.6 Å². The Labute approximate surface area is 107 Å². The van der Waals surface area contributed by atoms with Crippen molar-refractivity contribution in [3.8, 4) is 0 Å². The fourth-order valence-corrected chi connectivity index (χ4v) is 2.28. The second-order valence-corrected chi connectivity index (χ2v) is 4.50. The zero-order valence-electron chi connectivity index (χ0n) is 10.4. The number of nitrogens with zero attached hydrogens (tertiary/aromatic N) is 2. The van der Waals surface area contributed by atoms with Crippen LogP contribution >= 0.6 is 0 Å². The summed E-state index contributed by atoms with van der Waals surface area (Å²) >= 11 is 0. The van der Waals surface area contributed by atoms with Gasteiger partial charge in [0.15, 0.2) is 0 Å². The molecule has 1 atom stereocenters. The molecule has 2 N–H and O–H groups in total. The third kappa shape index (κ3) is 3.27. The maximum absolute atomic E-state index is 11.9. The number of pyridine rings is 1. The average molecular weight is 249 g/mol. The van der Waals surface area contributed by atoms with Crippen molar-refractivity contribution in [1.82, 2.24) is 15.2 Å². The van der Waals surface area contributed by atoms with Gasteiger partial charge in [-0.15, -0.1) is 0 Å². The predicted molar refractivity (Wildman–Crippen MR) is 67.8 cm³/mol. The molecule has 2 heterocycles. The van der Waals surface area contributed by atoms with E-state index in [-0.39, 0.29) is 18.6 Å². The second kappa shape index (κ2) is 6.47. The van der Waals surface area contributed by atoms with Crippen LogP contribution in [0.25, 0.3) is 0 Å². The molecule has 98 valence electrons. The van der Waals surface area contributed by atoms with Gasteiger partial charge < -0.3 is 10.4 Å². The highest BCUT2D eigenvalue weighted by Gasteiger charge is 2.27. The van der Waals surface area contributed by atoms with Crippen LogP contribution < -0.4 is 5.32 Å². The molecule has 0 aromatic carbocycles. The van der Waals surface area contributed by atoms with Crippen LogP contribution in [0.4, 0.5) is 0 Å². The molecule has 0 bridgehead atoms. The highest BCUT2D eigenvalue weighted by atomic mass is 16.3. The van der Waals surface area contributed by atoms with Gasteiger partial charge in [0.05, 0.1) is 6.04 Å². The third-order valence-electron chi connectivity index (χ3n) is 3.18. The Balaban J connectivity index is 2.09. The Morgan fingerprint density at radius 3 is 3.17 bits per heavy atom. The first kappa shape index (κ1) is 13.0. The highest BCUT2D eigenvalue weighted by molar-refractivity contribution is 5.81. The standard InChI is InChI=1S/C13H19N3O2/c17-8-4-12-13(18)15-6-2-7-16(12)10-11-3-1-5-14-9-11/h1,3,5,9,12,17H,2,4,6-8,10H2,(H,15,18). The molecule has 1 saturated heterocycles. The van der Waals surface area contributed by atoms with Gasteiger partial charge in [-0.2, -0.15) is 0 Å². The number of hydrogen-bond donors (Lipinski definition) is 2. The number of aliphatic hydroxyl groups excluding tert-OH is 1. The van der Waals surface area contributed by atoms with E-state index in [1.807, 2.05) is 18.3 Å². The maximum Gasteiger partial charge on any atom is 0.237 e. The normalized spacial score (nSPS) is 21.4. The summed E-state index contributed by atoms with van der Waals surface area (Å²) in [5.41, 5.74) is 1.09. The zero-order chi connectivity index (χ0) is 12.8. The van der Waals surface area contributed by atoms with Crippen LogP contribution in [0.5, 0.6) is 0 Å². The van der Waals surface area contributed by atoms with Crippen molar-refractivity contribution in [2.45, 2.75) is 25.4 Å². The van der Waals surface area contributed by atoms with Gasteiger partial charge in [-0.1, -0.05) is 6.07 Å². The maximum atomic E-state index is 11.9. The molecule has 1 amide bonds. The van der Waals surface area contributed by atoms with Gasteiger partial charge in [0.25, 0.3) is 0 Å². The number of rotatable bonds is 4. The predicted octanol–water partition coefficient (Wildman–Crippen LogP) is 0.154. The van der Waals surface area contributed by atoms with Gasteiger partial charge >= 0.3 is 0 Å². The highest BCUT2D eigenvalue weighted by Crippen LogP contribution is 2.13. The van der Waals surface area contributed by atoms with Crippen LogP contribution in [0.3, 0.4) is 0 Å². The third-order valence-corrected chi connectivity index (χ3v) is 3.18. The van der Waals surface area contributed by atoms with Gasteiger partial charge in [0.1, 0.15) is 0 Å². The molecule has 5 nitrogen and oxygen atoms in total. The van der Waals surface area contributed by atoms with E-state index >= 15 is 0 Å². The summed E-state index contributed by atoms with van der Waals surface area (Å²) in [6.07, 6.45) is 4.97. The summed E-state index contributed by atoms with van der Waals surface area (Å²) in [5.74, 6) is 0.0189. The van der Waals surface area contributed by atoms with Gasteiger partial charge in [-0.05, 0) is 24.5 Å². The SMILES string of the molecule is O=C1NCCCN(Cc2cccnc2)C1CCO. The lowest BCUT2D eigenvalue weighted by atomic mass is 10.1. The van der Waals surface area contributed by atoms with Crippen molar-refractivity contribution in [3.05, 3.63) is 30.1 Å². The number of amides is 1.